The van der Waals surface area contributed by atoms with Crippen molar-refractivity contribution in [2.24, 2.45) is 17.8 Å². The Hall–Kier alpha value is -0.990. The highest BCUT2D eigenvalue weighted by molar-refractivity contribution is 6.19. The summed E-state index contributed by atoms with van der Waals surface area (Å²) < 4.78 is 0. The molecule has 1 fully saturated rings. The van der Waals surface area contributed by atoms with E-state index in [0.29, 0.717) is 6.42 Å². The minimum Gasteiger partial charge on any atom is -0.299 e. The quantitative estimate of drug-likeness (QED) is 0.654. The van der Waals surface area contributed by atoms with Crippen molar-refractivity contribution in [3.8, 4) is 0 Å². The molecule has 0 N–H and O–H groups in total. The number of ketones is 3. The van der Waals surface area contributed by atoms with Gasteiger partial charge >= 0.3 is 0 Å². The molecular weight excluding hydrogens is 228 g/mol. The Morgan fingerprint density at radius 3 is 2.17 bits per heavy atom. The number of hydrogen-bond acceptors (Lipinski definition) is 3. The second-order valence-corrected chi connectivity index (χ2v) is 5.61. The Labute approximate surface area is 109 Å². The average molecular weight is 252 g/mol. The molecule has 0 aromatic rings. The van der Waals surface area contributed by atoms with Crippen LogP contribution >= 0.6 is 0 Å². The van der Waals surface area contributed by atoms with Gasteiger partial charge in [-0.15, -0.1) is 0 Å². The van der Waals surface area contributed by atoms with Crippen LogP contribution in [0.5, 0.6) is 0 Å². The van der Waals surface area contributed by atoms with E-state index >= 15 is 0 Å². The molecule has 1 rings (SSSR count). The van der Waals surface area contributed by atoms with Gasteiger partial charge in [0.2, 0.25) is 0 Å². The third-order valence-corrected chi connectivity index (χ3v) is 4.02. The van der Waals surface area contributed by atoms with E-state index in [2.05, 4.69) is 0 Å². The molecule has 1 aliphatic carbocycles. The third kappa shape index (κ3) is 3.76. The molecule has 1 aliphatic rings. The molecule has 2 unspecified atom stereocenters. The van der Waals surface area contributed by atoms with Crippen LogP contribution in [-0.4, -0.2) is 17.3 Å². The number of carbonyl (C=O) groups excluding carboxylic acids is 3. The molecule has 0 spiro atoms. The Kier molecular flexibility index (Phi) is 5.70. The highest BCUT2D eigenvalue weighted by Crippen LogP contribution is 2.29. The molecule has 0 amide bonds. The van der Waals surface area contributed by atoms with Gasteiger partial charge in [0.1, 0.15) is 11.7 Å². The maximum absolute atomic E-state index is 12.3. The van der Waals surface area contributed by atoms with Crippen molar-refractivity contribution in [3.05, 3.63) is 0 Å². The number of Topliss-reactive ketones (excluding diaryl/α,β-unsaturated/α-hetero) is 3. The van der Waals surface area contributed by atoms with Gasteiger partial charge in [0.15, 0.2) is 11.6 Å². The lowest BCUT2D eigenvalue weighted by Gasteiger charge is -2.17. The summed E-state index contributed by atoms with van der Waals surface area (Å²) in [5, 5.41) is 0. The maximum Gasteiger partial charge on any atom is 0.153 e. The number of hydrogen-bond donors (Lipinski definition) is 0. The van der Waals surface area contributed by atoms with Crippen molar-refractivity contribution in [1.29, 1.82) is 0 Å². The van der Waals surface area contributed by atoms with Gasteiger partial charge in [-0.05, 0) is 25.7 Å². The lowest BCUT2D eigenvalue weighted by molar-refractivity contribution is -0.141. The first-order valence-corrected chi connectivity index (χ1v) is 7.04. The lowest BCUT2D eigenvalue weighted by atomic mass is 9.83. The van der Waals surface area contributed by atoms with Crippen LogP contribution in [0.15, 0.2) is 0 Å². The summed E-state index contributed by atoms with van der Waals surface area (Å²) in [7, 11) is 0. The van der Waals surface area contributed by atoms with Crippen molar-refractivity contribution >= 4 is 17.3 Å². The summed E-state index contributed by atoms with van der Waals surface area (Å²) in [6, 6.07) is 0. The smallest absolute Gasteiger partial charge is 0.153 e. The predicted molar refractivity (Wildman–Crippen MR) is 70.2 cm³/mol. The Morgan fingerprint density at radius 2 is 1.72 bits per heavy atom. The van der Waals surface area contributed by atoms with E-state index in [1.54, 1.807) is 0 Å². The maximum atomic E-state index is 12.3. The van der Waals surface area contributed by atoms with Gasteiger partial charge in [-0.2, -0.15) is 0 Å². The molecule has 0 aliphatic heterocycles. The summed E-state index contributed by atoms with van der Waals surface area (Å²) in [6.07, 6.45) is 5.02. The van der Waals surface area contributed by atoms with Crippen LogP contribution in [0, 0.1) is 17.8 Å². The van der Waals surface area contributed by atoms with Crippen molar-refractivity contribution in [2.45, 2.75) is 59.3 Å². The van der Waals surface area contributed by atoms with Gasteiger partial charge in [-0.25, -0.2) is 0 Å². The summed E-state index contributed by atoms with van der Waals surface area (Å²) in [6.45, 7) is 5.36. The average Bonchev–Trinajstić information content (AvgIpc) is 2.81. The predicted octanol–water partition coefficient (Wildman–Crippen LogP) is 2.96. The van der Waals surface area contributed by atoms with Crippen LogP contribution in [0.3, 0.4) is 0 Å². The molecular formula is C15H24O3. The minimum absolute atomic E-state index is 0.0558. The molecule has 0 bridgehead atoms. The van der Waals surface area contributed by atoms with Gasteiger partial charge in [-0.3, -0.25) is 14.4 Å². The highest BCUT2D eigenvalue weighted by Gasteiger charge is 2.36. The van der Waals surface area contributed by atoms with Crippen LogP contribution in [0.25, 0.3) is 0 Å². The second-order valence-electron chi connectivity index (χ2n) is 5.61. The first-order chi connectivity index (χ1) is 8.47. The zero-order valence-electron chi connectivity index (χ0n) is 11.7. The zero-order valence-corrected chi connectivity index (χ0v) is 11.7. The number of rotatable bonds is 7. The summed E-state index contributed by atoms with van der Waals surface area (Å²) in [5.41, 5.74) is 0. The molecule has 3 heteroatoms. The first kappa shape index (κ1) is 15.1. The normalized spacial score (nSPS) is 19.5. The van der Waals surface area contributed by atoms with E-state index < -0.39 is 5.92 Å². The molecule has 102 valence electrons. The van der Waals surface area contributed by atoms with Gasteiger partial charge in [-0.1, -0.05) is 33.1 Å². The molecule has 0 aromatic heterocycles. The van der Waals surface area contributed by atoms with Gasteiger partial charge in [0.05, 0.1) is 0 Å². The van der Waals surface area contributed by atoms with Crippen molar-refractivity contribution < 1.29 is 14.4 Å². The fourth-order valence-electron chi connectivity index (χ4n) is 2.64. The molecule has 1 saturated carbocycles. The molecule has 3 nitrogen and oxygen atoms in total. The minimum atomic E-state index is -0.984. The lowest BCUT2D eigenvalue weighted by Crippen LogP contribution is -2.34. The monoisotopic (exact) mass is 252 g/mol. The van der Waals surface area contributed by atoms with Crippen LogP contribution in [0.4, 0.5) is 0 Å². The first-order valence-electron chi connectivity index (χ1n) is 7.04. The summed E-state index contributed by atoms with van der Waals surface area (Å²) >= 11 is 0. The highest BCUT2D eigenvalue weighted by atomic mass is 16.2. The van der Waals surface area contributed by atoms with E-state index in [9.17, 15) is 14.4 Å². The topological polar surface area (TPSA) is 51.2 Å². The van der Waals surface area contributed by atoms with Crippen molar-refractivity contribution in [1.82, 2.24) is 0 Å². The van der Waals surface area contributed by atoms with E-state index in [-0.39, 0.29) is 29.2 Å². The Morgan fingerprint density at radius 1 is 1.17 bits per heavy atom. The fraction of sp³-hybridized carbons (Fsp3) is 0.800. The summed E-state index contributed by atoms with van der Waals surface area (Å²) in [4.78, 5) is 36.0. The van der Waals surface area contributed by atoms with E-state index in [0.717, 1.165) is 32.1 Å². The van der Waals surface area contributed by atoms with Crippen LogP contribution in [-0.2, 0) is 14.4 Å². The molecule has 0 heterocycles. The van der Waals surface area contributed by atoms with Crippen LogP contribution in [0.1, 0.15) is 59.3 Å². The van der Waals surface area contributed by atoms with E-state index in [1.165, 1.54) is 6.92 Å². The summed E-state index contributed by atoms with van der Waals surface area (Å²) in [5.74, 6) is -1.36. The van der Waals surface area contributed by atoms with Gasteiger partial charge < -0.3 is 0 Å². The van der Waals surface area contributed by atoms with Crippen LogP contribution < -0.4 is 0 Å². The fourth-order valence-corrected chi connectivity index (χ4v) is 2.64. The Balaban J connectivity index is 2.72. The molecule has 0 aromatic carbocycles. The van der Waals surface area contributed by atoms with Gasteiger partial charge in [0, 0.05) is 12.3 Å². The third-order valence-electron chi connectivity index (χ3n) is 4.02. The molecule has 2 atom stereocenters. The van der Waals surface area contributed by atoms with E-state index in [1.807, 2.05) is 13.8 Å². The van der Waals surface area contributed by atoms with Crippen LogP contribution in [0.2, 0.25) is 0 Å². The largest absolute Gasteiger partial charge is 0.299 e. The SMILES string of the molecule is CCC(C)CC(=O)C(C(C)=O)C(=O)C1CCCC1. The van der Waals surface area contributed by atoms with Crippen molar-refractivity contribution in [2.75, 3.05) is 0 Å². The van der Waals surface area contributed by atoms with Gasteiger partial charge in [0.25, 0.3) is 0 Å². The standard InChI is InChI=1S/C15H24O3/c1-4-10(2)9-13(17)14(11(3)16)15(18)12-7-5-6-8-12/h10,12,14H,4-9H2,1-3H3. The Bertz CT molecular complexity index is 327. The second kappa shape index (κ2) is 6.81. The van der Waals surface area contributed by atoms with E-state index in [4.69, 9.17) is 0 Å². The molecule has 0 saturated heterocycles. The zero-order chi connectivity index (χ0) is 13.7. The molecule has 18 heavy (non-hydrogen) atoms. The molecule has 0 radical (unpaired) electrons. The number of carbonyl (C=O) groups is 3. The van der Waals surface area contributed by atoms with Crippen molar-refractivity contribution in [3.63, 3.8) is 0 Å².